The van der Waals surface area contributed by atoms with Gasteiger partial charge in [-0.2, -0.15) is 0 Å². The molecule has 178 valence electrons. The molecule has 1 aliphatic heterocycles. The number of pyridine rings is 1. The number of amides is 2. The maximum absolute atomic E-state index is 12.6. The minimum atomic E-state index is -0.255. The van der Waals surface area contributed by atoms with Gasteiger partial charge < -0.3 is 15.5 Å². The lowest BCUT2D eigenvalue weighted by atomic mass is 9.89. The number of rotatable bonds is 8. The van der Waals surface area contributed by atoms with Crippen molar-refractivity contribution in [2.75, 3.05) is 26.2 Å². The number of aromatic nitrogens is 1. The van der Waals surface area contributed by atoms with E-state index in [0.29, 0.717) is 18.7 Å². The van der Waals surface area contributed by atoms with Crippen LogP contribution in [0.5, 0.6) is 0 Å². The molecule has 7 nitrogen and oxygen atoms in total. The van der Waals surface area contributed by atoms with E-state index in [9.17, 15) is 14.4 Å². The van der Waals surface area contributed by atoms with Crippen molar-refractivity contribution in [1.82, 2.24) is 20.5 Å². The Balaban J connectivity index is 0.00000122. The first kappa shape index (κ1) is 26.2. The van der Waals surface area contributed by atoms with E-state index in [-0.39, 0.29) is 36.6 Å². The van der Waals surface area contributed by atoms with Crippen molar-refractivity contribution in [3.63, 3.8) is 0 Å². The van der Waals surface area contributed by atoms with E-state index in [4.69, 9.17) is 0 Å². The van der Waals surface area contributed by atoms with E-state index in [0.717, 1.165) is 30.6 Å². The fourth-order valence-electron chi connectivity index (χ4n) is 3.63. The number of hydrogen-bond donors (Lipinski definition) is 2. The third kappa shape index (κ3) is 9.14. The van der Waals surface area contributed by atoms with Gasteiger partial charge in [0.25, 0.3) is 5.91 Å². The summed E-state index contributed by atoms with van der Waals surface area (Å²) in [7, 11) is 0. The second-order valence-electron chi connectivity index (χ2n) is 8.32. The van der Waals surface area contributed by atoms with E-state index in [1.165, 1.54) is 13.3 Å². The molecule has 1 unspecified atom stereocenters. The van der Waals surface area contributed by atoms with Gasteiger partial charge in [-0.25, -0.2) is 0 Å². The molecule has 1 aliphatic rings. The van der Waals surface area contributed by atoms with Crippen molar-refractivity contribution in [2.24, 2.45) is 0 Å². The van der Waals surface area contributed by atoms with Gasteiger partial charge in [0.15, 0.2) is 0 Å². The molecule has 2 amide bonds. The summed E-state index contributed by atoms with van der Waals surface area (Å²) in [6, 6.07) is 13.2. The summed E-state index contributed by atoms with van der Waals surface area (Å²) >= 11 is 0. The summed E-state index contributed by atoms with van der Waals surface area (Å²) in [5.41, 5.74) is 2.49. The number of likely N-dealkylation sites (tertiary alicyclic amines) is 1. The Morgan fingerprint density at radius 3 is 2.58 bits per heavy atom. The largest absolute Gasteiger partial charge is 0.345 e. The molecule has 0 spiro atoms. The van der Waals surface area contributed by atoms with Crippen molar-refractivity contribution >= 4 is 17.6 Å². The van der Waals surface area contributed by atoms with Crippen molar-refractivity contribution in [3.05, 3.63) is 65.5 Å². The number of nitrogens with one attached hydrogen (secondary N) is 2. The maximum atomic E-state index is 12.6. The van der Waals surface area contributed by atoms with Gasteiger partial charge in [-0.05, 0) is 49.6 Å². The molecule has 33 heavy (non-hydrogen) atoms. The lowest BCUT2D eigenvalue weighted by Gasteiger charge is -2.33. The highest BCUT2D eigenvalue weighted by Gasteiger charge is 2.25. The Bertz CT molecular complexity index is 901. The minimum Gasteiger partial charge on any atom is -0.345 e. The molecule has 0 aliphatic carbocycles. The average Bonchev–Trinajstić information content (AvgIpc) is 2.84. The smallest absolute Gasteiger partial charge is 0.251 e. The minimum absolute atomic E-state index is 0.0280. The number of carbonyl (C=O) groups is 3. The third-order valence-electron chi connectivity index (χ3n) is 5.20. The fourth-order valence-corrected chi connectivity index (χ4v) is 3.63. The highest BCUT2D eigenvalue weighted by Crippen LogP contribution is 2.27. The highest BCUT2D eigenvalue weighted by molar-refractivity contribution is 5.96. The predicted molar refractivity (Wildman–Crippen MR) is 130 cm³/mol. The van der Waals surface area contributed by atoms with Gasteiger partial charge in [-0.15, -0.1) is 0 Å². The Kier molecular flexibility index (Phi) is 11.2. The highest BCUT2D eigenvalue weighted by atomic mass is 16.2. The van der Waals surface area contributed by atoms with Crippen LogP contribution in [0.25, 0.3) is 0 Å². The molecule has 2 heterocycles. The summed E-state index contributed by atoms with van der Waals surface area (Å²) in [5.74, 6) is -0.0721. The van der Waals surface area contributed by atoms with Crippen molar-refractivity contribution < 1.29 is 14.4 Å². The maximum Gasteiger partial charge on any atom is 0.251 e. The molecule has 1 saturated heterocycles. The Morgan fingerprint density at radius 1 is 1.09 bits per heavy atom. The molecule has 2 aromatic rings. The summed E-state index contributed by atoms with van der Waals surface area (Å²) in [4.78, 5) is 42.1. The monoisotopic (exact) mass is 452 g/mol. The van der Waals surface area contributed by atoms with E-state index in [2.05, 4.69) is 29.5 Å². The summed E-state index contributed by atoms with van der Waals surface area (Å²) in [5, 5.41) is 5.79. The molecular weight excluding hydrogens is 416 g/mol. The Hall–Kier alpha value is -3.06. The van der Waals surface area contributed by atoms with Crippen LogP contribution in [-0.4, -0.2) is 53.7 Å². The molecule has 1 fully saturated rings. The number of piperidine rings is 1. The number of nitrogens with zero attached hydrogens (tertiary/aromatic N) is 2. The van der Waals surface area contributed by atoms with E-state index in [1.54, 1.807) is 12.3 Å². The molecule has 1 aromatic carbocycles. The molecule has 7 heteroatoms. The summed E-state index contributed by atoms with van der Waals surface area (Å²) < 4.78 is 0. The summed E-state index contributed by atoms with van der Waals surface area (Å²) in [6.07, 6.45) is 4.89. The van der Waals surface area contributed by atoms with Crippen LogP contribution in [0.1, 0.15) is 67.6 Å². The number of hydrogen-bond acceptors (Lipinski definition) is 5. The van der Waals surface area contributed by atoms with Gasteiger partial charge in [-0.1, -0.05) is 38.5 Å². The molecule has 3 rings (SSSR count). The average molecular weight is 453 g/mol. The van der Waals surface area contributed by atoms with Gasteiger partial charge in [0.1, 0.15) is 5.78 Å². The first-order valence-electron chi connectivity index (χ1n) is 11.7. The van der Waals surface area contributed by atoms with Crippen LogP contribution in [0.15, 0.2) is 48.7 Å². The first-order valence-corrected chi connectivity index (χ1v) is 11.7. The van der Waals surface area contributed by atoms with E-state index in [1.807, 2.05) is 41.3 Å². The molecule has 0 saturated carbocycles. The zero-order valence-corrected chi connectivity index (χ0v) is 20.0. The number of benzene rings is 1. The molecule has 0 radical (unpaired) electrons. The lowest BCUT2D eigenvalue weighted by Crippen LogP contribution is -2.43. The lowest BCUT2D eigenvalue weighted by molar-refractivity contribution is -0.131. The predicted octanol–water partition coefficient (Wildman–Crippen LogP) is 3.31. The second kappa shape index (κ2) is 14.2. The number of Topliss-reactive ketones (excluding diaryl/α,β-unsaturated/α-hetero) is 1. The van der Waals surface area contributed by atoms with Crippen LogP contribution in [0.4, 0.5) is 0 Å². The molecule has 1 aromatic heterocycles. The van der Waals surface area contributed by atoms with Crippen LogP contribution in [0.3, 0.4) is 0 Å². The van der Waals surface area contributed by atoms with Crippen LogP contribution in [0, 0.1) is 0 Å². The van der Waals surface area contributed by atoms with Gasteiger partial charge in [0, 0.05) is 37.3 Å². The van der Waals surface area contributed by atoms with Gasteiger partial charge >= 0.3 is 0 Å². The fraction of sp³-hybridized carbons (Fsp3) is 0.462. The second-order valence-corrected chi connectivity index (χ2v) is 8.32. The molecular formula is C26H36N4O3. The quantitative estimate of drug-likeness (QED) is 0.641. The Labute approximate surface area is 197 Å². The first-order chi connectivity index (χ1) is 15.9. The SMILES string of the molecule is CC(=O)CNC(=O)c1cccc(C2CCCN(C(=O)CNCc3ccccn3)C2)c1.CCC. The normalized spacial score (nSPS) is 15.2. The van der Waals surface area contributed by atoms with Gasteiger partial charge in [0.2, 0.25) is 5.91 Å². The number of carbonyl (C=O) groups excluding carboxylic acids is 3. The Morgan fingerprint density at radius 2 is 1.88 bits per heavy atom. The number of ketones is 1. The zero-order valence-electron chi connectivity index (χ0n) is 20.0. The summed E-state index contributed by atoms with van der Waals surface area (Å²) in [6.45, 7) is 7.94. The van der Waals surface area contributed by atoms with Crippen LogP contribution in [-0.2, 0) is 16.1 Å². The molecule has 2 N–H and O–H groups in total. The molecule has 0 bridgehead atoms. The van der Waals surface area contributed by atoms with Crippen LogP contribution >= 0.6 is 0 Å². The van der Waals surface area contributed by atoms with Crippen LogP contribution in [0.2, 0.25) is 0 Å². The van der Waals surface area contributed by atoms with Crippen molar-refractivity contribution in [3.8, 4) is 0 Å². The van der Waals surface area contributed by atoms with E-state index < -0.39 is 0 Å². The van der Waals surface area contributed by atoms with Crippen molar-refractivity contribution in [2.45, 2.75) is 52.5 Å². The van der Waals surface area contributed by atoms with E-state index >= 15 is 0 Å². The zero-order chi connectivity index (χ0) is 24.1. The topological polar surface area (TPSA) is 91.4 Å². The van der Waals surface area contributed by atoms with Gasteiger partial charge in [-0.3, -0.25) is 19.4 Å². The van der Waals surface area contributed by atoms with Gasteiger partial charge in [0.05, 0.1) is 18.8 Å². The standard InChI is InChI=1S/C23H28N4O3.C3H8/c1-17(28)13-26-23(30)19-7-4-6-18(12-19)20-8-5-11-27(16-20)22(29)15-24-14-21-9-2-3-10-25-21;1-3-2/h2-4,6-7,9-10,12,20,24H,5,8,11,13-16H2,1H3,(H,26,30);3H2,1-2H3. The molecule has 1 atom stereocenters. The van der Waals surface area contributed by atoms with Crippen molar-refractivity contribution in [1.29, 1.82) is 0 Å². The third-order valence-corrected chi connectivity index (χ3v) is 5.20. The van der Waals surface area contributed by atoms with Crippen LogP contribution < -0.4 is 10.6 Å².